The second-order valence-electron chi connectivity index (χ2n) is 45.2. The van der Waals surface area contributed by atoms with Crippen LogP contribution in [0.3, 0.4) is 0 Å². The molecule has 0 atom stereocenters. The van der Waals surface area contributed by atoms with Gasteiger partial charge in [-0.05, 0) is 379 Å². The first-order valence-corrected chi connectivity index (χ1v) is 54.7. The topological polar surface area (TPSA) is 9.72 Å². The maximum Gasteiger partial charge on any atom is 0.0540 e. The van der Waals surface area contributed by atoms with Gasteiger partial charge in [0.25, 0.3) is 0 Å². The van der Waals surface area contributed by atoms with Gasteiger partial charge in [0.15, 0.2) is 0 Å². The summed E-state index contributed by atoms with van der Waals surface area (Å²) in [6.45, 7) is 0. The molecule has 21 aromatic rings. The molecule has 4 heteroatoms. The van der Waals surface area contributed by atoms with Crippen molar-refractivity contribution in [1.82, 2.24) is 0 Å². The van der Waals surface area contributed by atoms with E-state index in [0.717, 1.165) is 35.5 Å². The smallest absolute Gasteiger partial charge is 0.0540 e. The van der Waals surface area contributed by atoms with E-state index in [9.17, 15) is 0 Å². The van der Waals surface area contributed by atoms with E-state index >= 15 is 0 Å². The van der Waals surface area contributed by atoms with Crippen LogP contribution in [-0.4, -0.2) is 0 Å². The molecule has 1 heterocycles. The minimum atomic E-state index is 0.0711. The molecule has 12 saturated carbocycles. The largest absolute Gasteiger partial charge is 0.310 e. The lowest BCUT2D eigenvalue weighted by Crippen LogP contribution is -2.55. The molecule has 694 valence electrons. The highest BCUT2D eigenvalue weighted by molar-refractivity contribution is 7.25. The number of hydrogen-bond acceptors (Lipinski definition) is 4. The summed E-state index contributed by atoms with van der Waals surface area (Å²) < 4.78 is 2.71. The van der Waals surface area contributed by atoms with E-state index in [1.807, 2.05) is 11.3 Å². The molecule has 3 nitrogen and oxygen atoms in total. The van der Waals surface area contributed by atoms with Crippen LogP contribution in [-0.2, 0) is 16.2 Å². The Balaban J connectivity index is 0.0000000986. The SMILES string of the molecule is c1ccc2c(c1)-c1cccc(N(c3ccc(-c4ccc5ccccc5c4)cc3)c3cccc4ccccc34)c1C21C2CC3CC(C2)CC1C3.c1ccc2c(c1)-c1cccc(N(c3ccc(-c4cccc5ccccc45)cc3)c3cccc4ccccc34)c1C21C2CC3CC(C2)CC1C3.c1ccc2c(c1)-c1cccc(N(c3ccc4c(c3)sc3ccccc34)c3cccc4ccccc34)c1C21C2CC3CC(C2)CC1C3. The van der Waals surface area contributed by atoms with E-state index in [4.69, 9.17) is 0 Å². The molecule has 15 aliphatic rings. The van der Waals surface area contributed by atoms with E-state index < -0.39 is 0 Å². The van der Waals surface area contributed by atoms with Gasteiger partial charge in [0.2, 0.25) is 0 Å². The molecule has 0 radical (unpaired) electrons. The highest BCUT2D eigenvalue weighted by Crippen LogP contribution is 2.76. The van der Waals surface area contributed by atoms with Gasteiger partial charge in [-0.2, -0.15) is 0 Å². The van der Waals surface area contributed by atoms with Crippen LogP contribution in [0.1, 0.15) is 130 Å². The Labute approximate surface area is 848 Å². The molecule has 36 rings (SSSR count). The average molecular weight is 1870 g/mol. The van der Waals surface area contributed by atoms with Gasteiger partial charge >= 0.3 is 0 Å². The highest BCUT2D eigenvalue weighted by atomic mass is 32.1. The van der Waals surface area contributed by atoms with Crippen molar-refractivity contribution in [2.75, 3.05) is 14.7 Å². The van der Waals surface area contributed by atoms with E-state index in [1.165, 1.54) is 277 Å². The van der Waals surface area contributed by atoms with Gasteiger partial charge in [-0.3, -0.25) is 0 Å². The summed E-state index contributed by atoms with van der Waals surface area (Å²) in [6, 6.07) is 163. The minimum absolute atomic E-state index is 0.0711. The molecule has 20 aromatic carbocycles. The molecule has 1 aromatic heterocycles. The lowest BCUT2D eigenvalue weighted by molar-refractivity contribution is -0.0397. The van der Waals surface area contributed by atoms with Gasteiger partial charge in [0.1, 0.15) is 0 Å². The molecule has 3 spiro atoms. The number of fused-ring (bicyclic) bond motifs is 17. The van der Waals surface area contributed by atoms with Crippen molar-refractivity contribution in [2.45, 2.75) is 113 Å². The molecule has 0 amide bonds. The maximum atomic E-state index is 2.64. The van der Waals surface area contributed by atoms with Gasteiger partial charge in [-0.15, -0.1) is 11.3 Å². The summed E-state index contributed by atoms with van der Waals surface area (Å²) in [5.41, 5.74) is 35.2. The zero-order valence-corrected chi connectivity index (χ0v) is 82.1. The molecule has 144 heavy (non-hydrogen) atoms. The van der Waals surface area contributed by atoms with Crippen LogP contribution >= 0.6 is 11.3 Å². The van der Waals surface area contributed by atoms with Crippen LogP contribution in [0.2, 0.25) is 0 Å². The standard InChI is InChI=1S/2C48H39N.C44H35NS/c1-3-14-39-33(10-1)12-7-17-40(39)35-22-24-38(25-23-35)49(45-20-8-13-34-11-2-4-15-41(34)45)46-21-9-18-43-42-16-5-6-19-44(42)48(47(43)46)36-27-31-26-32(29-36)30-37(48)28-31;1-2-11-36-30-37(20-19-33(36)9-1)34-21-23-40(24-22-34)49(45-17-7-12-35-10-3-4-13-41(35)45)46-18-8-15-43-42-14-5-6-16-44(42)48(47(43)46)38-26-31-25-32(28-38)29-39(48)27-31;1-2-11-33-29(9-1)10-7-16-39(33)45(32-19-20-36-35-13-4-6-18-41(35)46-42(36)26-32)40-17-8-14-37-34-12-3-5-15-38(34)44(43(37)40)30-22-27-21-28(24-30)25-31(44)23-27/h1-25,31-32,36-37H,26-30H2;1-24,30-32,38-39H,25-29H2;1-20,26-28,30-31H,21-25H2. The van der Waals surface area contributed by atoms with Crippen molar-refractivity contribution in [3.63, 3.8) is 0 Å². The second kappa shape index (κ2) is 32.7. The van der Waals surface area contributed by atoms with E-state index in [-0.39, 0.29) is 16.2 Å². The fraction of sp³-hybridized carbons (Fsp3) is 0.214. The third-order valence-electron chi connectivity index (χ3n) is 38.4. The van der Waals surface area contributed by atoms with Crippen molar-refractivity contribution in [2.24, 2.45) is 71.0 Å². The Hall–Kier alpha value is -14.7. The van der Waals surface area contributed by atoms with Gasteiger partial charge in [-0.1, -0.05) is 346 Å². The Kier molecular flexibility index (Phi) is 19.0. The van der Waals surface area contributed by atoms with E-state index in [2.05, 4.69) is 445 Å². The quantitative estimate of drug-likeness (QED) is 0.128. The highest BCUT2D eigenvalue weighted by Gasteiger charge is 2.66. The van der Waals surface area contributed by atoms with E-state index in [0.29, 0.717) is 35.5 Å². The molecule has 12 fully saturated rings. The fourth-order valence-electron chi connectivity index (χ4n) is 33.9. The van der Waals surface area contributed by atoms with Gasteiger partial charge < -0.3 is 14.7 Å². The molecule has 0 N–H and O–H groups in total. The van der Waals surface area contributed by atoms with E-state index in [1.54, 1.807) is 33.4 Å². The number of anilines is 9. The lowest BCUT2D eigenvalue weighted by atomic mass is 9.43. The second-order valence-corrected chi connectivity index (χ2v) is 46.3. The van der Waals surface area contributed by atoms with Crippen molar-refractivity contribution >= 4 is 137 Å². The first-order chi connectivity index (χ1) is 71.3. The van der Waals surface area contributed by atoms with Crippen LogP contribution in [0.25, 0.3) is 130 Å². The summed E-state index contributed by atoms with van der Waals surface area (Å²) in [5, 5.41) is 15.6. The van der Waals surface area contributed by atoms with Crippen molar-refractivity contribution < 1.29 is 0 Å². The Morgan fingerprint density at radius 1 is 0.174 bits per heavy atom. The lowest BCUT2D eigenvalue weighted by Gasteiger charge is -2.61. The number of hydrogen-bond donors (Lipinski definition) is 0. The Morgan fingerprint density at radius 2 is 0.458 bits per heavy atom. The van der Waals surface area contributed by atoms with Crippen LogP contribution in [0.15, 0.2) is 431 Å². The van der Waals surface area contributed by atoms with Crippen LogP contribution in [0, 0.1) is 71.0 Å². The molecular weight excluding hydrogens is 1760 g/mol. The van der Waals surface area contributed by atoms with Gasteiger partial charge in [0, 0.05) is 69.6 Å². The number of benzene rings is 20. The summed E-state index contributed by atoms with van der Waals surface area (Å²) in [4.78, 5) is 7.88. The third kappa shape index (κ3) is 12.4. The van der Waals surface area contributed by atoms with Crippen molar-refractivity contribution in [3.05, 3.63) is 464 Å². The van der Waals surface area contributed by atoms with Crippen LogP contribution in [0.4, 0.5) is 51.2 Å². The predicted octanol–water partition coefficient (Wildman–Crippen LogP) is 38.1. The molecule has 0 saturated heterocycles. The summed E-state index contributed by atoms with van der Waals surface area (Å²) in [6.07, 6.45) is 21.0. The summed E-state index contributed by atoms with van der Waals surface area (Å²) in [7, 11) is 0. The predicted molar refractivity (Wildman–Crippen MR) is 604 cm³/mol. The summed E-state index contributed by atoms with van der Waals surface area (Å²) in [5.74, 6) is 9.72. The average Bonchev–Trinajstić information content (AvgIpc) is 1.51. The molecule has 12 bridgehead atoms. The minimum Gasteiger partial charge on any atom is -0.310 e. The third-order valence-corrected chi connectivity index (χ3v) is 39.6. The normalized spacial score (nSPS) is 24.8. The monoisotopic (exact) mass is 1870 g/mol. The number of rotatable bonds is 11. The Morgan fingerprint density at radius 3 is 0.882 bits per heavy atom. The van der Waals surface area contributed by atoms with Crippen molar-refractivity contribution in [1.29, 1.82) is 0 Å². The van der Waals surface area contributed by atoms with Gasteiger partial charge in [0.05, 0.1) is 34.1 Å². The maximum absolute atomic E-state index is 2.64. The zero-order valence-electron chi connectivity index (χ0n) is 81.3. The number of thiophene rings is 1. The van der Waals surface area contributed by atoms with Gasteiger partial charge in [-0.25, -0.2) is 0 Å². The molecule has 0 aliphatic heterocycles. The molecule has 0 unspecified atom stereocenters. The fourth-order valence-corrected chi connectivity index (χ4v) is 35.0. The number of nitrogens with zero attached hydrogens (tertiary/aromatic N) is 3. The Bertz CT molecular complexity index is 8700. The molecular formula is C140H113N3S. The first-order valence-electron chi connectivity index (χ1n) is 53.9. The van der Waals surface area contributed by atoms with Crippen LogP contribution < -0.4 is 14.7 Å². The first kappa shape index (κ1) is 83.9. The zero-order chi connectivity index (χ0) is 94.2. The van der Waals surface area contributed by atoms with Crippen LogP contribution in [0.5, 0.6) is 0 Å². The van der Waals surface area contributed by atoms with Crippen molar-refractivity contribution in [3.8, 4) is 55.6 Å². The molecule has 15 aliphatic carbocycles. The summed E-state index contributed by atoms with van der Waals surface area (Å²) >= 11 is 1.92.